The number of alkyl halides is 3. The molecule has 0 aliphatic carbocycles. The second-order valence-corrected chi connectivity index (χ2v) is 9.02. The fourth-order valence-electron chi connectivity index (χ4n) is 4.88. The van der Waals surface area contributed by atoms with Gasteiger partial charge in [0.15, 0.2) is 0 Å². The fourth-order valence-corrected chi connectivity index (χ4v) is 4.88. The fraction of sp³-hybridized carbons (Fsp3) is 0.400. The van der Waals surface area contributed by atoms with E-state index in [0.717, 1.165) is 18.4 Å². The predicted molar refractivity (Wildman–Crippen MR) is 130 cm³/mol. The van der Waals surface area contributed by atoms with Crippen molar-refractivity contribution in [3.8, 4) is 11.1 Å². The molecule has 1 aliphatic rings. The topological polar surface area (TPSA) is 103 Å². The summed E-state index contributed by atoms with van der Waals surface area (Å²) < 4.78 is 50.9. The number of aromatic amines is 1. The number of amides is 1. The first-order valence-electron chi connectivity index (χ1n) is 11.9. The van der Waals surface area contributed by atoms with Crippen molar-refractivity contribution < 1.29 is 27.4 Å². The summed E-state index contributed by atoms with van der Waals surface area (Å²) in [6, 6.07) is 7.14. The zero-order valence-corrected chi connectivity index (χ0v) is 20.3. The van der Waals surface area contributed by atoms with Crippen molar-refractivity contribution in [1.29, 1.82) is 0 Å². The lowest BCUT2D eigenvalue weighted by molar-refractivity contribution is -0.325. The Morgan fingerprint density at radius 1 is 1.27 bits per heavy atom. The molecule has 1 aromatic carbocycles. The van der Waals surface area contributed by atoms with Crippen LogP contribution in [0.1, 0.15) is 35.1 Å². The van der Waals surface area contributed by atoms with E-state index in [0.29, 0.717) is 41.0 Å². The minimum absolute atomic E-state index is 0.0280. The Morgan fingerprint density at radius 3 is 2.73 bits per heavy atom. The van der Waals surface area contributed by atoms with Crippen molar-refractivity contribution in [3.05, 3.63) is 52.3 Å². The number of halogens is 3. The van der Waals surface area contributed by atoms with E-state index >= 15 is 0 Å². The van der Waals surface area contributed by atoms with Crippen LogP contribution in [0, 0.1) is 0 Å². The molecular formula is C25H26F3N5O4. The minimum Gasteiger partial charge on any atom is -0.381 e. The summed E-state index contributed by atoms with van der Waals surface area (Å²) in [5, 5.41) is 3.11. The molecule has 4 aromatic rings. The van der Waals surface area contributed by atoms with Crippen LogP contribution in [0.25, 0.3) is 33.1 Å². The second-order valence-electron chi connectivity index (χ2n) is 9.02. The van der Waals surface area contributed by atoms with Crippen LogP contribution in [0.3, 0.4) is 0 Å². The second kappa shape index (κ2) is 9.67. The van der Waals surface area contributed by atoms with Crippen LogP contribution in [-0.2, 0) is 23.1 Å². The van der Waals surface area contributed by atoms with Gasteiger partial charge < -0.3 is 24.2 Å². The van der Waals surface area contributed by atoms with Crippen molar-refractivity contribution in [3.63, 3.8) is 0 Å². The van der Waals surface area contributed by atoms with E-state index in [4.69, 9.17) is 9.72 Å². The molecule has 0 saturated carbocycles. The number of fused-ring (bicyclic) bond motifs is 2. The Hall–Kier alpha value is -3.64. The Bertz CT molecular complexity index is 1530. The summed E-state index contributed by atoms with van der Waals surface area (Å²) in [7, 11) is 3.12. The monoisotopic (exact) mass is 517 g/mol. The average Bonchev–Trinajstić information content (AvgIpc) is 3.48. The number of carbonyl (C=O) groups excluding carboxylic acids is 1. The van der Waals surface area contributed by atoms with Crippen LogP contribution in [0.4, 0.5) is 13.2 Å². The van der Waals surface area contributed by atoms with Crippen molar-refractivity contribution in [1.82, 2.24) is 24.4 Å². The molecule has 0 spiro atoms. The van der Waals surface area contributed by atoms with E-state index in [1.54, 1.807) is 23.9 Å². The van der Waals surface area contributed by atoms with Crippen LogP contribution >= 0.6 is 0 Å². The summed E-state index contributed by atoms with van der Waals surface area (Å²) in [4.78, 5) is 32.6. The number of aromatic nitrogens is 4. The maximum absolute atomic E-state index is 12.8. The first-order chi connectivity index (χ1) is 17.7. The van der Waals surface area contributed by atoms with Crippen LogP contribution in [0.5, 0.6) is 0 Å². The Balaban J connectivity index is 1.64. The van der Waals surface area contributed by atoms with Gasteiger partial charge in [-0.25, -0.2) is 4.98 Å². The van der Waals surface area contributed by atoms with E-state index in [9.17, 15) is 22.8 Å². The number of hydrogen-bond acceptors (Lipinski definition) is 5. The predicted octanol–water partition coefficient (Wildman–Crippen LogP) is 3.67. The number of pyridine rings is 1. The lowest BCUT2D eigenvalue weighted by atomic mass is 9.99. The highest BCUT2D eigenvalue weighted by Gasteiger charge is 2.30. The summed E-state index contributed by atoms with van der Waals surface area (Å²) in [6.07, 6.45) is -1.59. The van der Waals surface area contributed by atoms with Crippen LogP contribution in [0.2, 0.25) is 0 Å². The summed E-state index contributed by atoms with van der Waals surface area (Å²) in [6.45, 7) is 0.553. The quantitative estimate of drug-likeness (QED) is 0.406. The smallest absolute Gasteiger partial charge is 0.381 e. The molecule has 3 aromatic heterocycles. The Kier molecular flexibility index (Phi) is 6.54. The molecule has 0 bridgehead atoms. The summed E-state index contributed by atoms with van der Waals surface area (Å²) in [5.41, 5.74) is 2.98. The molecule has 0 atom stereocenters. The molecule has 12 heteroatoms. The van der Waals surface area contributed by atoms with Gasteiger partial charge in [0.25, 0.3) is 11.5 Å². The lowest BCUT2D eigenvalue weighted by Gasteiger charge is -2.23. The Morgan fingerprint density at radius 2 is 2.03 bits per heavy atom. The molecule has 5 rings (SSSR count). The molecule has 1 fully saturated rings. The number of nitrogens with one attached hydrogen (secondary N) is 2. The third kappa shape index (κ3) is 4.86. The molecule has 9 nitrogen and oxygen atoms in total. The highest BCUT2D eigenvalue weighted by molar-refractivity contribution is 6.03. The van der Waals surface area contributed by atoms with Crippen molar-refractivity contribution in [2.75, 3.05) is 26.9 Å². The van der Waals surface area contributed by atoms with Gasteiger partial charge in [0.2, 0.25) is 0 Å². The normalized spacial score (nSPS) is 15.1. The van der Waals surface area contributed by atoms with E-state index in [-0.39, 0.29) is 35.1 Å². The maximum atomic E-state index is 12.8. The number of carbonyl (C=O) groups is 1. The molecule has 4 heterocycles. The summed E-state index contributed by atoms with van der Waals surface area (Å²) >= 11 is 0. The van der Waals surface area contributed by atoms with Crippen molar-refractivity contribution >= 4 is 27.8 Å². The van der Waals surface area contributed by atoms with Gasteiger partial charge in [-0.05, 0) is 36.6 Å². The number of hydrogen-bond donors (Lipinski definition) is 2. The lowest BCUT2D eigenvalue weighted by Crippen LogP contribution is -2.21. The minimum atomic E-state index is -4.72. The number of imidazole rings is 1. The van der Waals surface area contributed by atoms with Crippen LogP contribution in [-0.4, -0.2) is 58.2 Å². The number of rotatable bonds is 6. The average molecular weight is 518 g/mol. The van der Waals surface area contributed by atoms with E-state index in [1.165, 1.54) is 11.6 Å². The largest absolute Gasteiger partial charge is 0.522 e. The number of aryl methyl sites for hydroxylation is 1. The van der Waals surface area contributed by atoms with E-state index < -0.39 is 13.0 Å². The summed E-state index contributed by atoms with van der Waals surface area (Å²) in [5.74, 6) is 0.401. The van der Waals surface area contributed by atoms with Crippen molar-refractivity contribution in [2.24, 2.45) is 7.05 Å². The number of nitrogens with zero attached hydrogens (tertiary/aromatic N) is 3. The maximum Gasteiger partial charge on any atom is 0.522 e. The molecule has 0 radical (unpaired) electrons. The molecule has 37 heavy (non-hydrogen) atoms. The molecule has 1 saturated heterocycles. The van der Waals surface area contributed by atoms with E-state index in [1.807, 2.05) is 18.2 Å². The van der Waals surface area contributed by atoms with Gasteiger partial charge in [0.1, 0.15) is 17.0 Å². The highest BCUT2D eigenvalue weighted by atomic mass is 19.4. The number of ether oxygens (including phenoxy) is 2. The molecule has 1 amide bonds. The third-order valence-electron chi connectivity index (χ3n) is 6.69. The van der Waals surface area contributed by atoms with Gasteiger partial charge in [0, 0.05) is 56.9 Å². The number of benzene rings is 1. The third-order valence-corrected chi connectivity index (χ3v) is 6.69. The highest BCUT2D eigenvalue weighted by Crippen LogP contribution is 2.34. The van der Waals surface area contributed by atoms with Gasteiger partial charge in [-0.15, -0.1) is 13.2 Å². The first-order valence-corrected chi connectivity index (χ1v) is 11.9. The van der Waals surface area contributed by atoms with Crippen LogP contribution in [0.15, 0.2) is 35.3 Å². The molecule has 2 N–H and O–H groups in total. The Labute approximate surface area is 209 Å². The SMILES string of the molecule is CNC(=O)c1cc2c(-c3ccc4nc(C5CCOCC5)n(CCOC(F)(F)F)c4c3)cn(C)c(=O)c2[nH]1. The molecule has 196 valence electrons. The molecular weight excluding hydrogens is 491 g/mol. The molecule has 0 unspecified atom stereocenters. The van der Waals surface area contributed by atoms with E-state index in [2.05, 4.69) is 15.0 Å². The van der Waals surface area contributed by atoms with Gasteiger partial charge >= 0.3 is 6.36 Å². The zero-order valence-electron chi connectivity index (χ0n) is 20.3. The zero-order chi connectivity index (χ0) is 26.3. The molecule has 1 aliphatic heterocycles. The van der Waals surface area contributed by atoms with Gasteiger partial charge in [-0.1, -0.05) is 6.07 Å². The van der Waals surface area contributed by atoms with Gasteiger partial charge in [-0.3, -0.25) is 14.3 Å². The number of H-pyrrole nitrogens is 1. The van der Waals surface area contributed by atoms with Crippen molar-refractivity contribution in [2.45, 2.75) is 31.7 Å². The van der Waals surface area contributed by atoms with Crippen LogP contribution < -0.4 is 10.9 Å². The standard InChI is InChI=1S/C25H26F3N5O4/c1-29-23(34)19-12-16-17(13-32(2)24(35)21(16)30-19)15-3-4-18-20(11-15)33(7-10-37-25(26,27)28)22(31-18)14-5-8-36-9-6-14/h3-4,11-14,30H,5-10H2,1-2H3,(H,29,34). The van der Waals surface area contributed by atoms with Gasteiger partial charge in [0.05, 0.1) is 17.6 Å². The first kappa shape index (κ1) is 25.0. The van der Waals surface area contributed by atoms with Gasteiger partial charge in [-0.2, -0.15) is 0 Å².